The van der Waals surface area contributed by atoms with Crippen molar-refractivity contribution in [3.8, 4) is 0 Å². The molecule has 1 fully saturated rings. The molecule has 6 nitrogen and oxygen atoms in total. The third-order valence-corrected chi connectivity index (χ3v) is 6.10. The van der Waals surface area contributed by atoms with Crippen molar-refractivity contribution in [3.63, 3.8) is 0 Å². The summed E-state index contributed by atoms with van der Waals surface area (Å²) >= 11 is 1.71. The van der Waals surface area contributed by atoms with Gasteiger partial charge < -0.3 is 10.6 Å². The average Bonchev–Trinajstić information content (AvgIpc) is 3.34. The number of fused-ring (bicyclic) bond motifs is 1. The van der Waals surface area contributed by atoms with Crippen LogP contribution < -0.4 is 10.6 Å². The first-order valence-corrected chi connectivity index (χ1v) is 10.2. The predicted octanol–water partition coefficient (Wildman–Crippen LogP) is 3.43. The number of carbonyl (C=O) groups excluding carboxylic acids is 2. The van der Waals surface area contributed by atoms with E-state index < -0.39 is 0 Å². The molecule has 0 aliphatic carbocycles. The average molecular weight is 394 g/mol. The molecule has 1 aliphatic heterocycles. The maximum Gasteiger partial charge on any atom is 0.251 e. The number of hydrogen-bond acceptors (Lipinski definition) is 5. The van der Waals surface area contributed by atoms with Gasteiger partial charge in [0.05, 0.1) is 22.8 Å². The fraction of sp³-hybridized carbons (Fsp3) is 0.286. The molecule has 0 bridgehead atoms. The van der Waals surface area contributed by atoms with Crippen LogP contribution in [-0.2, 0) is 4.79 Å². The Bertz CT molecular complexity index is 966. The lowest BCUT2D eigenvalue weighted by Crippen LogP contribution is -2.32. The van der Waals surface area contributed by atoms with Crippen LogP contribution in [0.15, 0.2) is 48.5 Å². The van der Waals surface area contributed by atoms with Gasteiger partial charge >= 0.3 is 0 Å². The minimum atomic E-state index is -0.145. The minimum Gasteiger partial charge on any atom is -0.355 e. The van der Waals surface area contributed by atoms with Gasteiger partial charge in [0.25, 0.3) is 5.91 Å². The van der Waals surface area contributed by atoms with Crippen LogP contribution in [0.5, 0.6) is 0 Å². The van der Waals surface area contributed by atoms with Gasteiger partial charge in [0.2, 0.25) is 5.91 Å². The SMILES string of the molecule is CNC(=O)c1ccc(NC(=O)CN2CCC[C@H]2c2nc3ccccc3s2)cc1. The topological polar surface area (TPSA) is 74.3 Å². The first-order chi connectivity index (χ1) is 13.6. The summed E-state index contributed by atoms with van der Waals surface area (Å²) in [5.74, 6) is -0.200. The smallest absolute Gasteiger partial charge is 0.251 e. The molecule has 1 aromatic heterocycles. The summed E-state index contributed by atoms with van der Waals surface area (Å²) in [6.07, 6.45) is 2.09. The maximum atomic E-state index is 12.5. The Labute approximate surface area is 167 Å². The van der Waals surface area contributed by atoms with Crippen LogP contribution in [0.4, 0.5) is 5.69 Å². The second-order valence-electron chi connectivity index (χ2n) is 6.85. The predicted molar refractivity (Wildman–Crippen MR) is 112 cm³/mol. The van der Waals surface area contributed by atoms with E-state index in [-0.39, 0.29) is 17.9 Å². The molecule has 7 heteroatoms. The van der Waals surface area contributed by atoms with Crippen molar-refractivity contribution < 1.29 is 9.59 Å². The lowest BCUT2D eigenvalue weighted by Gasteiger charge is -2.22. The van der Waals surface area contributed by atoms with Gasteiger partial charge in [0, 0.05) is 18.3 Å². The van der Waals surface area contributed by atoms with Crippen LogP contribution in [0.1, 0.15) is 34.2 Å². The highest BCUT2D eigenvalue weighted by atomic mass is 32.1. The summed E-state index contributed by atoms with van der Waals surface area (Å²) in [6.45, 7) is 1.22. The highest BCUT2D eigenvalue weighted by molar-refractivity contribution is 7.18. The van der Waals surface area contributed by atoms with Crippen LogP contribution >= 0.6 is 11.3 Å². The number of carbonyl (C=O) groups is 2. The Balaban J connectivity index is 1.41. The fourth-order valence-electron chi connectivity index (χ4n) is 3.56. The van der Waals surface area contributed by atoms with Gasteiger partial charge in [-0.1, -0.05) is 12.1 Å². The number of nitrogens with zero attached hydrogens (tertiary/aromatic N) is 2. The highest BCUT2D eigenvalue weighted by Crippen LogP contribution is 2.36. The summed E-state index contributed by atoms with van der Waals surface area (Å²) in [7, 11) is 1.59. The van der Waals surface area contributed by atoms with Crippen LogP contribution in [0.25, 0.3) is 10.2 Å². The molecule has 4 rings (SSSR count). The van der Waals surface area contributed by atoms with Crippen molar-refractivity contribution in [3.05, 3.63) is 59.1 Å². The maximum absolute atomic E-state index is 12.5. The molecule has 1 saturated heterocycles. The summed E-state index contributed by atoms with van der Waals surface area (Å²) < 4.78 is 1.19. The zero-order valence-corrected chi connectivity index (χ0v) is 16.5. The molecule has 144 valence electrons. The van der Waals surface area contributed by atoms with Crippen molar-refractivity contribution in [1.29, 1.82) is 0 Å². The third-order valence-electron chi connectivity index (χ3n) is 4.96. The number of benzene rings is 2. The molecule has 0 spiro atoms. The number of rotatable bonds is 5. The number of thiazole rings is 1. The lowest BCUT2D eigenvalue weighted by atomic mass is 10.2. The molecule has 1 aliphatic rings. The molecule has 3 aromatic rings. The first-order valence-electron chi connectivity index (χ1n) is 9.35. The summed E-state index contributed by atoms with van der Waals surface area (Å²) in [4.78, 5) is 31.1. The Morgan fingerprint density at radius 3 is 2.71 bits per heavy atom. The molecule has 2 aromatic carbocycles. The van der Waals surface area contributed by atoms with E-state index in [1.54, 1.807) is 42.6 Å². The summed E-state index contributed by atoms with van der Waals surface area (Å²) in [5, 5.41) is 6.59. The second-order valence-corrected chi connectivity index (χ2v) is 7.92. The monoisotopic (exact) mass is 394 g/mol. The van der Waals surface area contributed by atoms with Gasteiger partial charge in [-0.3, -0.25) is 14.5 Å². The number of nitrogens with one attached hydrogen (secondary N) is 2. The molecular formula is C21H22N4O2S. The summed E-state index contributed by atoms with van der Waals surface area (Å²) in [6, 6.07) is 15.2. The largest absolute Gasteiger partial charge is 0.355 e. The van der Waals surface area contributed by atoms with Gasteiger partial charge in [0.1, 0.15) is 5.01 Å². The van der Waals surface area contributed by atoms with E-state index in [1.165, 1.54) is 4.70 Å². The van der Waals surface area contributed by atoms with Crippen LogP contribution in [0.2, 0.25) is 0 Å². The van der Waals surface area contributed by atoms with E-state index >= 15 is 0 Å². The van der Waals surface area contributed by atoms with Gasteiger partial charge in [0.15, 0.2) is 0 Å². The first kappa shape index (κ1) is 18.6. The molecule has 0 radical (unpaired) electrons. The van der Waals surface area contributed by atoms with Gasteiger partial charge in [-0.2, -0.15) is 0 Å². The second kappa shape index (κ2) is 8.08. The van der Waals surface area contributed by atoms with E-state index in [0.29, 0.717) is 17.8 Å². The molecule has 2 heterocycles. The number of hydrogen-bond donors (Lipinski definition) is 2. The number of likely N-dealkylation sites (tertiary alicyclic amines) is 1. The fourth-order valence-corrected chi connectivity index (χ4v) is 4.70. The van der Waals surface area contributed by atoms with Crippen LogP contribution in [0, 0.1) is 0 Å². The molecule has 0 saturated carbocycles. The van der Waals surface area contributed by atoms with Crippen molar-refractivity contribution in [2.24, 2.45) is 0 Å². The number of amides is 2. The van der Waals surface area contributed by atoms with E-state index in [2.05, 4.69) is 21.6 Å². The van der Waals surface area contributed by atoms with Crippen LogP contribution in [0.3, 0.4) is 0 Å². The van der Waals surface area contributed by atoms with Crippen molar-refractivity contribution in [2.45, 2.75) is 18.9 Å². The van der Waals surface area contributed by atoms with Crippen molar-refractivity contribution >= 4 is 39.1 Å². The molecular weight excluding hydrogens is 372 g/mol. The van der Waals surface area contributed by atoms with E-state index in [1.807, 2.05) is 18.2 Å². The van der Waals surface area contributed by atoms with E-state index in [4.69, 9.17) is 4.98 Å². The number of anilines is 1. The van der Waals surface area contributed by atoms with Gasteiger partial charge in [-0.15, -0.1) is 11.3 Å². The molecule has 2 N–H and O–H groups in total. The highest BCUT2D eigenvalue weighted by Gasteiger charge is 2.30. The quantitative estimate of drug-likeness (QED) is 0.695. The minimum absolute atomic E-state index is 0.0549. The van der Waals surface area contributed by atoms with Crippen molar-refractivity contribution in [2.75, 3.05) is 25.5 Å². The molecule has 0 unspecified atom stereocenters. The molecule has 1 atom stereocenters. The normalized spacial score (nSPS) is 17.0. The van der Waals surface area contributed by atoms with Gasteiger partial charge in [-0.25, -0.2) is 4.98 Å². The summed E-state index contributed by atoms with van der Waals surface area (Å²) in [5.41, 5.74) is 2.28. The van der Waals surface area contributed by atoms with E-state index in [0.717, 1.165) is 29.9 Å². The van der Waals surface area contributed by atoms with E-state index in [9.17, 15) is 9.59 Å². The lowest BCUT2D eigenvalue weighted by molar-refractivity contribution is -0.117. The zero-order chi connectivity index (χ0) is 19.5. The van der Waals surface area contributed by atoms with Crippen LogP contribution in [-0.4, -0.2) is 41.8 Å². The Morgan fingerprint density at radius 1 is 1.18 bits per heavy atom. The Morgan fingerprint density at radius 2 is 1.96 bits per heavy atom. The third kappa shape index (κ3) is 3.90. The number of aromatic nitrogens is 1. The van der Waals surface area contributed by atoms with Crippen molar-refractivity contribution in [1.82, 2.24) is 15.2 Å². The Kier molecular flexibility index (Phi) is 5.36. The zero-order valence-electron chi connectivity index (χ0n) is 15.6. The number of para-hydroxylation sites is 1. The Hall–Kier alpha value is -2.77. The molecule has 2 amide bonds. The standard InChI is InChI=1S/C21H22N4O2S/c1-22-20(27)14-8-10-15(11-9-14)23-19(26)13-25-12-4-6-17(25)21-24-16-5-2-3-7-18(16)28-21/h2-3,5,7-11,17H,4,6,12-13H2,1H3,(H,22,27)(H,23,26)/t17-/m0/s1. The van der Waals surface area contributed by atoms with Gasteiger partial charge in [-0.05, 0) is 55.8 Å². The molecule has 28 heavy (non-hydrogen) atoms.